The quantitative estimate of drug-likeness (QED) is 0.859. The van der Waals surface area contributed by atoms with E-state index in [0.717, 1.165) is 25.9 Å². The van der Waals surface area contributed by atoms with E-state index in [-0.39, 0.29) is 11.8 Å². The van der Waals surface area contributed by atoms with Crippen LogP contribution in [0.1, 0.15) is 47.5 Å². The lowest BCUT2D eigenvalue weighted by molar-refractivity contribution is -0.136. The van der Waals surface area contributed by atoms with Crippen molar-refractivity contribution in [2.75, 3.05) is 27.2 Å². The second-order valence-corrected chi connectivity index (χ2v) is 7.89. The van der Waals surface area contributed by atoms with Crippen molar-refractivity contribution < 1.29 is 14.3 Å². The molecule has 6 nitrogen and oxygen atoms in total. The van der Waals surface area contributed by atoms with Crippen molar-refractivity contribution in [3.05, 3.63) is 0 Å². The Morgan fingerprint density at radius 2 is 1.70 bits per heavy atom. The Bertz CT molecular complexity index is 408. The first-order chi connectivity index (χ1) is 10.5. The number of hydrogen-bond donors (Lipinski definition) is 1. The zero-order valence-corrected chi connectivity index (χ0v) is 15.7. The number of carbonyl (C=O) groups excluding carboxylic acids is 2. The lowest BCUT2D eigenvalue weighted by Gasteiger charge is -2.37. The largest absolute Gasteiger partial charge is 0.444 e. The highest BCUT2D eigenvalue weighted by atomic mass is 16.6. The molecule has 1 rings (SSSR count). The molecule has 0 aliphatic carbocycles. The summed E-state index contributed by atoms with van der Waals surface area (Å²) in [6, 6.07) is -0.0175. The van der Waals surface area contributed by atoms with E-state index in [4.69, 9.17) is 4.74 Å². The molecule has 23 heavy (non-hydrogen) atoms. The SMILES string of the molecule is CC(C)[C@H](NC(=O)OC(C)(C)C)C(=O)N1CCC(N(C)C)CC1. The topological polar surface area (TPSA) is 61.9 Å². The van der Waals surface area contributed by atoms with E-state index in [0.29, 0.717) is 6.04 Å². The van der Waals surface area contributed by atoms with E-state index >= 15 is 0 Å². The van der Waals surface area contributed by atoms with Gasteiger partial charge in [-0.1, -0.05) is 13.8 Å². The highest BCUT2D eigenvalue weighted by Crippen LogP contribution is 2.17. The van der Waals surface area contributed by atoms with Crippen molar-refractivity contribution >= 4 is 12.0 Å². The molecule has 1 saturated heterocycles. The molecular weight excluding hydrogens is 294 g/mol. The third-order valence-corrected chi connectivity index (χ3v) is 4.11. The second kappa shape index (κ2) is 7.99. The van der Waals surface area contributed by atoms with Gasteiger partial charge in [-0.25, -0.2) is 4.79 Å². The summed E-state index contributed by atoms with van der Waals surface area (Å²) in [5.41, 5.74) is -0.571. The van der Waals surface area contributed by atoms with Crippen molar-refractivity contribution in [3.63, 3.8) is 0 Å². The maximum atomic E-state index is 12.8. The second-order valence-electron chi connectivity index (χ2n) is 7.89. The molecule has 0 aromatic rings. The smallest absolute Gasteiger partial charge is 0.408 e. The number of alkyl carbamates (subject to hydrolysis) is 1. The first kappa shape index (κ1) is 19.7. The third kappa shape index (κ3) is 6.37. The van der Waals surface area contributed by atoms with Gasteiger partial charge < -0.3 is 19.9 Å². The molecule has 0 saturated carbocycles. The van der Waals surface area contributed by atoms with Crippen LogP contribution in [-0.2, 0) is 9.53 Å². The summed E-state index contributed by atoms with van der Waals surface area (Å²) >= 11 is 0. The van der Waals surface area contributed by atoms with Crippen LogP contribution in [0.15, 0.2) is 0 Å². The molecule has 1 atom stereocenters. The molecule has 0 aromatic carbocycles. The number of nitrogens with zero attached hydrogens (tertiary/aromatic N) is 2. The number of rotatable bonds is 4. The molecule has 6 heteroatoms. The fraction of sp³-hybridized carbons (Fsp3) is 0.882. The van der Waals surface area contributed by atoms with Gasteiger partial charge in [0.1, 0.15) is 11.6 Å². The molecule has 0 spiro atoms. The molecule has 0 unspecified atom stereocenters. The first-order valence-corrected chi connectivity index (χ1v) is 8.46. The van der Waals surface area contributed by atoms with Gasteiger partial charge in [0.25, 0.3) is 0 Å². The summed E-state index contributed by atoms with van der Waals surface area (Å²) in [6.45, 7) is 10.8. The van der Waals surface area contributed by atoms with Crippen molar-refractivity contribution in [1.82, 2.24) is 15.1 Å². The third-order valence-electron chi connectivity index (χ3n) is 4.11. The summed E-state index contributed by atoms with van der Waals surface area (Å²) in [5.74, 6) is 0.00431. The van der Waals surface area contributed by atoms with Crippen LogP contribution in [0.2, 0.25) is 0 Å². The van der Waals surface area contributed by atoms with Crippen molar-refractivity contribution in [2.24, 2.45) is 5.92 Å². The predicted molar refractivity (Wildman–Crippen MR) is 91.3 cm³/mol. The predicted octanol–water partition coefficient (Wildman–Crippen LogP) is 2.09. The van der Waals surface area contributed by atoms with Gasteiger partial charge in [0.15, 0.2) is 0 Å². The maximum absolute atomic E-state index is 12.8. The molecule has 2 amide bonds. The van der Waals surface area contributed by atoms with Crippen LogP contribution in [0.4, 0.5) is 4.79 Å². The van der Waals surface area contributed by atoms with Crippen LogP contribution < -0.4 is 5.32 Å². The van der Waals surface area contributed by atoms with Crippen LogP contribution >= 0.6 is 0 Å². The van der Waals surface area contributed by atoms with Crippen LogP contribution in [0.25, 0.3) is 0 Å². The van der Waals surface area contributed by atoms with Crippen LogP contribution in [0.3, 0.4) is 0 Å². The molecule has 1 heterocycles. The fourth-order valence-electron chi connectivity index (χ4n) is 2.75. The van der Waals surface area contributed by atoms with Gasteiger partial charge in [-0.3, -0.25) is 4.79 Å². The average molecular weight is 327 g/mol. The van der Waals surface area contributed by atoms with Gasteiger partial charge in [-0.15, -0.1) is 0 Å². The van der Waals surface area contributed by atoms with Crippen LogP contribution in [0, 0.1) is 5.92 Å². The fourth-order valence-corrected chi connectivity index (χ4v) is 2.75. The van der Waals surface area contributed by atoms with Gasteiger partial charge in [-0.2, -0.15) is 0 Å². The van der Waals surface area contributed by atoms with Crippen molar-refractivity contribution in [1.29, 1.82) is 0 Å². The van der Waals surface area contributed by atoms with E-state index in [9.17, 15) is 9.59 Å². The number of amides is 2. The van der Waals surface area contributed by atoms with Crippen molar-refractivity contribution in [2.45, 2.75) is 65.1 Å². The summed E-state index contributed by atoms with van der Waals surface area (Å²) < 4.78 is 5.28. The molecular formula is C17H33N3O3. The molecule has 134 valence electrons. The summed E-state index contributed by atoms with van der Waals surface area (Å²) in [6.07, 6.45) is 1.40. The van der Waals surface area contributed by atoms with Crippen LogP contribution in [0.5, 0.6) is 0 Å². The average Bonchev–Trinajstić information content (AvgIpc) is 2.42. The molecule has 0 bridgehead atoms. The highest BCUT2D eigenvalue weighted by Gasteiger charge is 2.32. The summed E-state index contributed by atoms with van der Waals surface area (Å²) in [4.78, 5) is 28.8. The Hall–Kier alpha value is -1.30. The van der Waals surface area contributed by atoms with Crippen LogP contribution in [-0.4, -0.2) is 66.7 Å². The number of carbonyl (C=O) groups is 2. The Morgan fingerprint density at radius 1 is 1.17 bits per heavy atom. The van der Waals surface area contributed by atoms with Gasteiger partial charge in [0.05, 0.1) is 0 Å². The van der Waals surface area contributed by atoms with E-state index in [1.807, 2.05) is 39.5 Å². The molecule has 1 N–H and O–H groups in total. The van der Waals surface area contributed by atoms with Gasteiger partial charge in [0, 0.05) is 19.1 Å². The molecule has 1 aliphatic rings. The molecule has 1 fully saturated rings. The van der Waals surface area contributed by atoms with E-state index in [1.165, 1.54) is 0 Å². The Balaban J connectivity index is 2.64. The Labute approximate surface area is 140 Å². The van der Waals surface area contributed by atoms with Crippen molar-refractivity contribution in [3.8, 4) is 0 Å². The monoisotopic (exact) mass is 327 g/mol. The lowest BCUT2D eigenvalue weighted by Crippen LogP contribution is -2.54. The van der Waals surface area contributed by atoms with Gasteiger partial charge in [-0.05, 0) is 53.6 Å². The Kier molecular flexibility index (Phi) is 6.86. The maximum Gasteiger partial charge on any atom is 0.408 e. The molecule has 1 aliphatic heterocycles. The minimum Gasteiger partial charge on any atom is -0.444 e. The standard InChI is InChI=1S/C17H33N3O3/c1-12(2)14(18-16(22)23-17(3,4)5)15(21)20-10-8-13(9-11-20)19(6)7/h12-14H,8-11H2,1-7H3,(H,18,22)/t14-/m0/s1. The Morgan fingerprint density at radius 3 is 2.09 bits per heavy atom. The zero-order valence-electron chi connectivity index (χ0n) is 15.7. The lowest BCUT2D eigenvalue weighted by atomic mass is 9.99. The highest BCUT2D eigenvalue weighted by molar-refractivity contribution is 5.86. The molecule has 0 radical (unpaired) electrons. The molecule has 0 aromatic heterocycles. The minimum absolute atomic E-state index is 0.0111. The number of nitrogens with one attached hydrogen (secondary N) is 1. The number of piperidine rings is 1. The number of likely N-dealkylation sites (tertiary alicyclic amines) is 1. The first-order valence-electron chi connectivity index (χ1n) is 8.46. The van der Waals surface area contributed by atoms with E-state index < -0.39 is 17.7 Å². The zero-order chi connectivity index (χ0) is 17.8. The normalized spacial score (nSPS) is 18.2. The number of ether oxygens (including phenoxy) is 1. The van der Waals surface area contributed by atoms with Gasteiger partial charge in [0.2, 0.25) is 5.91 Å². The summed E-state index contributed by atoms with van der Waals surface area (Å²) in [5, 5.41) is 2.74. The van der Waals surface area contributed by atoms with Gasteiger partial charge >= 0.3 is 6.09 Å². The van der Waals surface area contributed by atoms with E-state index in [2.05, 4.69) is 24.3 Å². The summed E-state index contributed by atoms with van der Waals surface area (Å²) in [7, 11) is 4.15. The minimum atomic E-state index is -0.571. The number of hydrogen-bond acceptors (Lipinski definition) is 4. The van der Waals surface area contributed by atoms with E-state index in [1.54, 1.807) is 0 Å².